The monoisotopic (exact) mass is 202 g/mol. The molecule has 14 heavy (non-hydrogen) atoms. The topological polar surface area (TPSA) is 55.0 Å². The van der Waals surface area contributed by atoms with Crippen molar-refractivity contribution in [1.29, 1.82) is 0 Å². The highest BCUT2D eigenvalue weighted by Crippen LogP contribution is 2.16. The Hall–Kier alpha value is -1.46. The molecule has 0 aromatic carbocycles. The van der Waals surface area contributed by atoms with Crippen molar-refractivity contribution in [3.8, 4) is 0 Å². The predicted molar refractivity (Wildman–Crippen MR) is 50.5 cm³/mol. The zero-order valence-electron chi connectivity index (χ0n) is 8.04. The van der Waals surface area contributed by atoms with Gasteiger partial charge in [-0.3, -0.25) is 0 Å². The van der Waals surface area contributed by atoms with Crippen LogP contribution in [-0.2, 0) is 0 Å². The van der Waals surface area contributed by atoms with Gasteiger partial charge in [0, 0.05) is 18.8 Å². The van der Waals surface area contributed by atoms with Crippen molar-refractivity contribution in [2.24, 2.45) is 0 Å². The lowest BCUT2D eigenvalue weighted by atomic mass is 10.3. The number of aromatic nitrogens is 2. The number of hydrogen-bond acceptors (Lipinski definition) is 4. The highest BCUT2D eigenvalue weighted by atomic mass is 19.3. The van der Waals surface area contributed by atoms with Gasteiger partial charge in [-0.25, -0.2) is 13.8 Å². The van der Waals surface area contributed by atoms with Gasteiger partial charge < -0.3 is 10.6 Å². The Bertz CT molecular complexity index is 316. The largest absolute Gasteiger partial charge is 0.368 e. The van der Waals surface area contributed by atoms with Gasteiger partial charge in [-0.05, 0) is 6.92 Å². The van der Waals surface area contributed by atoms with E-state index < -0.39 is 6.43 Å². The maximum atomic E-state index is 12.1. The molecular formula is C8H12F2N4. The van der Waals surface area contributed by atoms with E-state index in [9.17, 15) is 8.78 Å². The molecule has 0 spiro atoms. The van der Waals surface area contributed by atoms with Crippen molar-refractivity contribution >= 4 is 11.8 Å². The average molecular weight is 202 g/mol. The number of nitrogens with two attached hydrogens (primary N) is 1. The van der Waals surface area contributed by atoms with Crippen molar-refractivity contribution < 1.29 is 8.78 Å². The summed E-state index contributed by atoms with van der Waals surface area (Å²) in [6.07, 6.45) is -0.879. The van der Waals surface area contributed by atoms with Crippen molar-refractivity contribution in [1.82, 2.24) is 9.97 Å². The van der Waals surface area contributed by atoms with Gasteiger partial charge in [0.1, 0.15) is 5.82 Å². The van der Waals surface area contributed by atoms with E-state index in [0.29, 0.717) is 5.82 Å². The summed E-state index contributed by atoms with van der Waals surface area (Å²) in [7, 11) is 1.54. The second kappa shape index (κ2) is 4.17. The van der Waals surface area contributed by atoms with Gasteiger partial charge in [0.2, 0.25) is 5.95 Å². The third-order valence-corrected chi connectivity index (χ3v) is 1.74. The highest BCUT2D eigenvalue weighted by molar-refractivity contribution is 5.47. The van der Waals surface area contributed by atoms with Gasteiger partial charge in [-0.1, -0.05) is 0 Å². The molecule has 0 amide bonds. The molecule has 0 saturated heterocycles. The van der Waals surface area contributed by atoms with Crippen LogP contribution in [0, 0.1) is 6.92 Å². The lowest BCUT2D eigenvalue weighted by Gasteiger charge is -2.19. The number of alkyl halides is 2. The van der Waals surface area contributed by atoms with E-state index >= 15 is 0 Å². The van der Waals surface area contributed by atoms with E-state index in [0.717, 1.165) is 5.56 Å². The van der Waals surface area contributed by atoms with Gasteiger partial charge in [0.15, 0.2) is 0 Å². The summed E-state index contributed by atoms with van der Waals surface area (Å²) in [5.74, 6) is 0.532. The molecule has 0 bridgehead atoms. The molecule has 0 aliphatic carbocycles. The van der Waals surface area contributed by atoms with Gasteiger partial charge in [-0.15, -0.1) is 0 Å². The lowest BCUT2D eigenvalue weighted by Crippen LogP contribution is -2.26. The fourth-order valence-corrected chi connectivity index (χ4v) is 1.13. The van der Waals surface area contributed by atoms with Crippen molar-refractivity contribution in [3.05, 3.63) is 11.8 Å². The van der Waals surface area contributed by atoms with Gasteiger partial charge >= 0.3 is 0 Å². The van der Waals surface area contributed by atoms with Crippen LogP contribution in [0.2, 0.25) is 0 Å². The molecule has 1 heterocycles. The maximum Gasteiger partial charge on any atom is 0.255 e. The first kappa shape index (κ1) is 10.6. The smallest absolute Gasteiger partial charge is 0.255 e. The summed E-state index contributed by atoms with van der Waals surface area (Å²) in [4.78, 5) is 9.00. The molecule has 1 aromatic rings. The SMILES string of the molecule is Cc1cnc(N)nc1N(C)CC(F)F. The first-order chi connectivity index (χ1) is 6.50. The first-order valence-corrected chi connectivity index (χ1v) is 4.09. The van der Waals surface area contributed by atoms with Crippen LogP contribution in [0.25, 0.3) is 0 Å². The molecule has 0 unspecified atom stereocenters. The number of hydrogen-bond donors (Lipinski definition) is 1. The van der Waals surface area contributed by atoms with Crippen molar-refractivity contribution in [3.63, 3.8) is 0 Å². The van der Waals surface area contributed by atoms with E-state index in [1.165, 1.54) is 11.1 Å². The zero-order chi connectivity index (χ0) is 10.7. The fourth-order valence-electron chi connectivity index (χ4n) is 1.13. The minimum absolute atomic E-state index is 0.0896. The molecule has 0 aliphatic heterocycles. The Morgan fingerprint density at radius 2 is 2.21 bits per heavy atom. The zero-order valence-corrected chi connectivity index (χ0v) is 8.04. The van der Waals surface area contributed by atoms with Crippen molar-refractivity contribution in [2.75, 3.05) is 24.2 Å². The van der Waals surface area contributed by atoms with Gasteiger partial charge in [0.05, 0.1) is 6.54 Å². The molecule has 4 nitrogen and oxygen atoms in total. The third kappa shape index (κ3) is 2.51. The molecule has 1 rings (SSSR count). The first-order valence-electron chi connectivity index (χ1n) is 4.09. The van der Waals surface area contributed by atoms with E-state index in [4.69, 9.17) is 5.73 Å². The van der Waals surface area contributed by atoms with E-state index in [1.54, 1.807) is 14.0 Å². The Kier molecular flexibility index (Phi) is 3.16. The molecule has 0 atom stereocenters. The molecular weight excluding hydrogens is 190 g/mol. The summed E-state index contributed by atoms with van der Waals surface area (Å²) in [6, 6.07) is 0. The molecule has 0 fully saturated rings. The molecule has 1 aromatic heterocycles. The second-order valence-corrected chi connectivity index (χ2v) is 3.01. The predicted octanol–water partition coefficient (Wildman–Crippen LogP) is 1.07. The quantitative estimate of drug-likeness (QED) is 0.796. The van der Waals surface area contributed by atoms with Crippen LogP contribution < -0.4 is 10.6 Å². The van der Waals surface area contributed by atoms with E-state index in [1.807, 2.05) is 0 Å². The van der Waals surface area contributed by atoms with Crippen LogP contribution in [0.1, 0.15) is 5.56 Å². The molecule has 0 aliphatic rings. The minimum atomic E-state index is -2.39. The van der Waals surface area contributed by atoms with Gasteiger partial charge in [-0.2, -0.15) is 4.98 Å². The Labute approximate surface area is 80.8 Å². The Morgan fingerprint density at radius 3 is 2.79 bits per heavy atom. The van der Waals surface area contributed by atoms with Crippen LogP contribution >= 0.6 is 0 Å². The molecule has 6 heteroatoms. The summed E-state index contributed by atoms with van der Waals surface area (Å²) in [5, 5.41) is 0. The molecule has 0 radical (unpaired) electrons. The number of aryl methyl sites for hydroxylation is 1. The number of halogens is 2. The average Bonchev–Trinajstić information content (AvgIpc) is 2.08. The summed E-state index contributed by atoms with van der Waals surface area (Å²) in [6.45, 7) is 1.38. The highest BCUT2D eigenvalue weighted by Gasteiger charge is 2.12. The molecule has 2 N–H and O–H groups in total. The molecule has 0 saturated carbocycles. The summed E-state index contributed by atoms with van der Waals surface area (Å²) >= 11 is 0. The standard InChI is InChI=1S/C8H12F2N4/c1-5-3-12-8(11)13-7(5)14(2)4-6(9)10/h3,6H,4H2,1-2H3,(H2,11,12,13). The summed E-state index contributed by atoms with van der Waals surface area (Å²) < 4.78 is 24.2. The van der Waals surface area contributed by atoms with Crippen LogP contribution in [0.3, 0.4) is 0 Å². The van der Waals surface area contributed by atoms with Crippen LogP contribution in [-0.4, -0.2) is 30.0 Å². The Morgan fingerprint density at radius 1 is 1.57 bits per heavy atom. The van der Waals surface area contributed by atoms with Crippen LogP contribution in [0.5, 0.6) is 0 Å². The number of nitrogens with zero attached hydrogens (tertiary/aromatic N) is 3. The second-order valence-electron chi connectivity index (χ2n) is 3.01. The Balaban J connectivity index is 2.88. The van der Waals surface area contributed by atoms with Crippen LogP contribution in [0.15, 0.2) is 6.20 Å². The number of anilines is 2. The van der Waals surface area contributed by atoms with Crippen LogP contribution in [0.4, 0.5) is 20.5 Å². The maximum absolute atomic E-state index is 12.1. The fraction of sp³-hybridized carbons (Fsp3) is 0.500. The van der Waals surface area contributed by atoms with Gasteiger partial charge in [0.25, 0.3) is 6.43 Å². The summed E-state index contributed by atoms with van der Waals surface area (Å²) in [5.41, 5.74) is 6.08. The van der Waals surface area contributed by atoms with E-state index in [-0.39, 0.29) is 12.5 Å². The van der Waals surface area contributed by atoms with Crippen molar-refractivity contribution in [2.45, 2.75) is 13.3 Å². The lowest BCUT2D eigenvalue weighted by molar-refractivity contribution is 0.156. The normalized spacial score (nSPS) is 10.6. The minimum Gasteiger partial charge on any atom is -0.368 e. The molecule has 78 valence electrons. The number of rotatable bonds is 3. The number of nitrogen functional groups attached to an aromatic ring is 1. The third-order valence-electron chi connectivity index (χ3n) is 1.74. The van der Waals surface area contributed by atoms with E-state index in [2.05, 4.69) is 9.97 Å².